The Kier molecular flexibility index (Phi) is 4.34. The van der Waals surface area contributed by atoms with Gasteiger partial charge in [0.15, 0.2) is 5.60 Å². The zero-order valence-electron chi connectivity index (χ0n) is 15.3. The molecule has 26 heavy (non-hydrogen) atoms. The summed E-state index contributed by atoms with van der Waals surface area (Å²) in [5.74, 6) is -2.11. The fourth-order valence-electron chi connectivity index (χ4n) is 5.20. The fraction of sp³-hybridized carbons (Fsp3) is 0.889. The minimum Gasteiger partial charge on any atom is -0.456 e. The molecule has 1 unspecified atom stereocenters. The second-order valence-corrected chi connectivity index (χ2v) is 8.11. The molecule has 148 valence electrons. The van der Waals surface area contributed by atoms with Gasteiger partial charge in [-0.15, -0.1) is 0 Å². The highest BCUT2D eigenvalue weighted by atomic mass is 19.4. The van der Waals surface area contributed by atoms with Crippen molar-refractivity contribution in [1.82, 2.24) is 5.32 Å². The van der Waals surface area contributed by atoms with Gasteiger partial charge in [-0.3, -0.25) is 0 Å². The van der Waals surface area contributed by atoms with Crippen molar-refractivity contribution < 1.29 is 32.4 Å². The maximum Gasteiger partial charge on any atom is 0.449 e. The highest BCUT2D eigenvalue weighted by Crippen LogP contribution is 2.61. The molecule has 5 nitrogen and oxygen atoms in total. The number of alkyl halides is 3. The van der Waals surface area contributed by atoms with Crippen LogP contribution >= 0.6 is 0 Å². The number of hydrogen-bond donors (Lipinski definition) is 1. The van der Waals surface area contributed by atoms with Gasteiger partial charge in [0.05, 0.1) is 0 Å². The van der Waals surface area contributed by atoms with E-state index in [-0.39, 0.29) is 18.0 Å². The van der Waals surface area contributed by atoms with Crippen LogP contribution in [0.2, 0.25) is 0 Å². The summed E-state index contributed by atoms with van der Waals surface area (Å²) in [4.78, 5) is 11.5. The molecule has 5 rings (SSSR count). The molecule has 4 heterocycles. The number of fused-ring (bicyclic) bond motifs is 2. The van der Waals surface area contributed by atoms with Crippen molar-refractivity contribution >= 4 is 0 Å². The van der Waals surface area contributed by atoms with Crippen molar-refractivity contribution in [2.24, 2.45) is 17.8 Å². The summed E-state index contributed by atoms with van der Waals surface area (Å²) in [7, 11) is 0. The number of nitrogens with one attached hydrogen (secondary N) is 1. The van der Waals surface area contributed by atoms with E-state index in [0.717, 1.165) is 12.8 Å². The van der Waals surface area contributed by atoms with Crippen LogP contribution in [0.15, 0.2) is 11.3 Å². The monoisotopic (exact) mass is 377 g/mol. The minimum atomic E-state index is -4.57. The SMILES string of the molecule is CCNCC1=C(C(F)(F)F)O[C@@H]2O[C@]3(C)CC[C@H]4[C@H](C)CC[C@@H]1C24OO3. The van der Waals surface area contributed by atoms with E-state index >= 15 is 0 Å². The number of rotatable bonds is 3. The molecular formula is C18H26F3NO4. The van der Waals surface area contributed by atoms with E-state index in [1.54, 1.807) is 6.92 Å². The van der Waals surface area contributed by atoms with Gasteiger partial charge in [0.2, 0.25) is 17.8 Å². The predicted octanol–water partition coefficient (Wildman–Crippen LogP) is 3.66. The van der Waals surface area contributed by atoms with Crippen molar-refractivity contribution in [2.75, 3.05) is 13.1 Å². The number of likely N-dealkylation sites (N-methyl/N-ethyl adjacent to an activating group) is 1. The second-order valence-electron chi connectivity index (χ2n) is 8.11. The molecule has 1 N–H and O–H groups in total. The lowest BCUT2D eigenvalue weighted by molar-refractivity contribution is -0.557. The Morgan fingerprint density at radius 2 is 1.96 bits per heavy atom. The number of allylic oxidation sites excluding steroid dienone is 1. The molecule has 0 aromatic heterocycles. The first-order chi connectivity index (χ1) is 12.2. The van der Waals surface area contributed by atoms with Gasteiger partial charge >= 0.3 is 6.18 Å². The molecule has 5 aliphatic rings. The molecule has 6 atom stereocenters. The highest BCUT2D eigenvalue weighted by Gasteiger charge is 2.70. The van der Waals surface area contributed by atoms with Gasteiger partial charge in [-0.2, -0.15) is 13.2 Å². The first kappa shape index (κ1) is 18.5. The molecule has 2 bridgehead atoms. The minimum absolute atomic E-state index is 0.0296. The molecule has 0 amide bonds. The first-order valence-corrected chi connectivity index (χ1v) is 9.43. The Hall–Kier alpha value is -0.830. The molecule has 1 spiro atoms. The maximum absolute atomic E-state index is 13.8. The largest absolute Gasteiger partial charge is 0.456 e. The smallest absolute Gasteiger partial charge is 0.449 e. The molecule has 0 aromatic carbocycles. The molecule has 8 heteroatoms. The van der Waals surface area contributed by atoms with Crippen LogP contribution in [-0.4, -0.2) is 36.9 Å². The summed E-state index contributed by atoms with van der Waals surface area (Å²) >= 11 is 0. The van der Waals surface area contributed by atoms with E-state index in [1.807, 2.05) is 6.92 Å². The van der Waals surface area contributed by atoms with Gasteiger partial charge in [-0.25, -0.2) is 9.78 Å². The molecule has 4 aliphatic heterocycles. The lowest BCUT2D eigenvalue weighted by atomic mass is 9.59. The highest BCUT2D eigenvalue weighted by molar-refractivity contribution is 5.29. The average Bonchev–Trinajstić information content (AvgIpc) is 2.80. The quantitative estimate of drug-likeness (QED) is 0.761. The zero-order valence-corrected chi connectivity index (χ0v) is 15.3. The summed E-state index contributed by atoms with van der Waals surface area (Å²) < 4.78 is 52.8. The van der Waals surface area contributed by atoms with Crippen LogP contribution in [-0.2, 0) is 19.2 Å². The third-order valence-electron chi connectivity index (χ3n) is 6.48. The van der Waals surface area contributed by atoms with Crippen molar-refractivity contribution in [3.63, 3.8) is 0 Å². The number of hydrogen-bond acceptors (Lipinski definition) is 5. The maximum atomic E-state index is 13.8. The summed E-state index contributed by atoms with van der Waals surface area (Å²) in [5, 5.41) is 3.03. The first-order valence-electron chi connectivity index (χ1n) is 9.43. The molecule has 1 aliphatic carbocycles. The van der Waals surface area contributed by atoms with Crippen LogP contribution in [0.5, 0.6) is 0 Å². The van der Waals surface area contributed by atoms with E-state index in [4.69, 9.17) is 19.2 Å². The third-order valence-corrected chi connectivity index (χ3v) is 6.48. The summed E-state index contributed by atoms with van der Waals surface area (Å²) in [6, 6.07) is 0. The van der Waals surface area contributed by atoms with Gasteiger partial charge in [-0.05, 0) is 44.2 Å². The number of halogens is 3. The normalized spacial score (nSPS) is 45.2. The van der Waals surface area contributed by atoms with Crippen LogP contribution in [0.25, 0.3) is 0 Å². The summed E-state index contributed by atoms with van der Waals surface area (Å²) in [5.41, 5.74) is -0.794. The fourth-order valence-corrected chi connectivity index (χ4v) is 5.20. The topological polar surface area (TPSA) is 49.0 Å². The molecule has 1 saturated carbocycles. The zero-order chi connectivity index (χ0) is 18.7. The van der Waals surface area contributed by atoms with Gasteiger partial charge in [-0.1, -0.05) is 13.8 Å². The van der Waals surface area contributed by atoms with E-state index in [0.29, 0.717) is 25.3 Å². The Balaban J connectivity index is 1.85. The Bertz CT molecular complexity index is 610. The number of ether oxygens (including phenoxy) is 2. The molecule has 4 fully saturated rings. The average molecular weight is 377 g/mol. The Morgan fingerprint density at radius 1 is 1.19 bits per heavy atom. The molecule has 0 aromatic rings. The van der Waals surface area contributed by atoms with E-state index in [9.17, 15) is 13.2 Å². The van der Waals surface area contributed by atoms with Gasteiger partial charge in [0.1, 0.15) is 0 Å². The van der Waals surface area contributed by atoms with E-state index in [1.165, 1.54) is 0 Å². The standard InChI is InChI=1S/C18H26F3NO4/c1-4-22-9-11-13-6-5-10(2)12-7-8-16(3)24-15(17(12,13)26-25-16)23-14(11)18(19,20)21/h10,12-13,15,22H,4-9H2,1-3H3/t10-,12+,13+,15-,16+,17?/m1/s1. The van der Waals surface area contributed by atoms with Crippen molar-refractivity contribution in [1.29, 1.82) is 0 Å². The van der Waals surface area contributed by atoms with Crippen LogP contribution in [0.1, 0.15) is 46.5 Å². The van der Waals surface area contributed by atoms with E-state index < -0.39 is 35.5 Å². The van der Waals surface area contributed by atoms with Crippen LogP contribution in [0.3, 0.4) is 0 Å². The second kappa shape index (κ2) is 6.09. The molecule has 0 radical (unpaired) electrons. The van der Waals surface area contributed by atoms with Crippen LogP contribution in [0, 0.1) is 17.8 Å². The molecular weight excluding hydrogens is 351 g/mol. The van der Waals surface area contributed by atoms with Gasteiger partial charge < -0.3 is 14.8 Å². The lowest BCUT2D eigenvalue weighted by Crippen LogP contribution is -2.67. The third kappa shape index (κ3) is 2.60. The van der Waals surface area contributed by atoms with Gasteiger partial charge in [0, 0.05) is 24.8 Å². The Labute approximate surface area is 151 Å². The van der Waals surface area contributed by atoms with Crippen molar-refractivity contribution in [3.05, 3.63) is 11.3 Å². The van der Waals surface area contributed by atoms with Crippen LogP contribution < -0.4 is 5.32 Å². The van der Waals surface area contributed by atoms with Crippen LogP contribution in [0.4, 0.5) is 13.2 Å². The lowest BCUT2D eigenvalue weighted by Gasteiger charge is -2.57. The van der Waals surface area contributed by atoms with Crippen molar-refractivity contribution in [2.45, 2.75) is 70.3 Å². The van der Waals surface area contributed by atoms with Crippen molar-refractivity contribution in [3.8, 4) is 0 Å². The predicted molar refractivity (Wildman–Crippen MR) is 85.5 cm³/mol. The molecule has 3 saturated heterocycles. The Morgan fingerprint density at radius 3 is 2.65 bits per heavy atom. The summed E-state index contributed by atoms with van der Waals surface area (Å²) in [6.07, 6.45) is -2.87. The van der Waals surface area contributed by atoms with E-state index in [2.05, 4.69) is 12.2 Å². The summed E-state index contributed by atoms with van der Waals surface area (Å²) in [6.45, 7) is 6.38. The van der Waals surface area contributed by atoms with Gasteiger partial charge in [0.25, 0.3) is 0 Å².